The van der Waals surface area contributed by atoms with E-state index >= 15 is 0 Å². The Morgan fingerprint density at radius 3 is 2.33 bits per heavy atom. The van der Waals surface area contributed by atoms with Crippen molar-refractivity contribution in [3.63, 3.8) is 0 Å². The maximum Gasteiger partial charge on any atom is 0.151 e. The molecule has 0 fully saturated rings. The zero-order valence-corrected chi connectivity index (χ0v) is 5.66. The summed E-state index contributed by atoms with van der Waals surface area (Å²) < 4.78 is 0. The van der Waals surface area contributed by atoms with Gasteiger partial charge in [0.1, 0.15) is 5.60 Å². The number of carbonyl (C=O) groups is 1. The summed E-state index contributed by atoms with van der Waals surface area (Å²) >= 11 is 0. The molecule has 0 aliphatic rings. The molecule has 3 nitrogen and oxygen atoms in total. The van der Waals surface area contributed by atoms with Crippen LogP contribution in [0.3, 0.4) is 0 Å². The van der Waals surface area contributed by atoms with Gasteiger partial charge in [-0.25, -0.2) is 0 Å². The van der Waals surface area contributed by atoms with Crippen molar-refractivity contribution in [2.75, 3.05) is 0 Å². The van der Waals surface area contributed by atoms with Crippen LogP contribution >= 0.6 is 0 Å². The predicted molar refractivity (Wildman–Crippen MR) is 33.0 cm³/mol. The molecule has 0 heterocycles. The van der Waals surface area contributed by atoms with Gasteiger partial charge >= 0.3 is 0 Å². The Kier molecular flexibility index (Phi) is 2.81. The molecule has 0 aromatic carbocycles. The Bertz CT molecular complexity index is 96.5. The van der Waals surface area contributed by atoms with Gasteiger partial charge in [-0.15, -0.1) is 0 Å². The van der Waals surface area contributed by atoms with Gasteiger partial charge < -0.3 is 15.0 Å². The van der Waals surface area contributed by atoms with E-state index in [1.54, 1.807) is 0 Å². The van der Waals surface area contributed by atoms with Gasteiger partial charge in [0.2, 0.25) is 0 Å². The topological polar surface area (TPSA) is 57.5 Å². The van der Waals surface area contributed by atoms with E-state index < -0.39 is 11.7 Å². The van der Waals surface area contributed by atoms with E-state index in [9.17, 15) is 4.79 Å². The van der Waals surface area contributed by atoms with Gasteiger partial charge in [0, 0.05) is 6.42 Å². The monoisotopic (exact) mass is 132 g/mol. The highest BCUT2D eigenvalue weighted by Gasteiger charge is 2.20. The number of carbonyl (C=O) groups excluding carboxylic acids is 1. The Morgan fingerprint density at radius 1 is 1.78 bits per heavy atom. The van der Waals surface area contributed by atoms with Crippen LogP contribution in [0, 0.1) is 0 Å². The average Bonchev–Trinajstić information content (AvgIpc) is 1.63. The van der Waals surface area contributed by atoms with Crippen LogP contribution < -0.4 is 0 Å². The molecule has 0 saturated heterocycles. The largest absolute Gasteiger partial charge is 0.393 e. The minimum absolute atomic E-state index is 0.0938. The van der Waals surface area contributed by atoms with E-state index in [0.29, 0.717) is 6.29 Å². The molecule has 2 N–H and O–H groups in total. The Labute approximate surface area is 54.3 Å². The van der Waals surface area contributed by atoms with Crippen molar-refractivity contribution in [2.24, 2.45) is 0 Å². The Balaban J connectivity index is 3.71. The zero-order valence-electron chi connectivity index (χ0n) is 5.66. The van der Waals surface area contributed by atoms with E-state index in [0.717, 1.165) is 0 Å². The summed E-state index contributed by atoms with van der Waals surface area (Å²) in [6.45, 7) is 2.89. The molecular formula is C6H12O3. The van der Waals surface area contributed by atoms with Gasteiger partial charge in [0.05, 0.1) is 6.10 Å². The van der Waals surface area contributed by atoms with E-state index in [4.69, 9.17) is 10.2 Å². The first-order valence-electron chi connectivity index (χ1n) is 2.85. The van der Waals surface area contributed by atoms with E-state index in [1.807, 2.05) is 0 Å². The molecule has 0 amide bonds. The fraction of sp³-hybridized carbons (Fsp3) is 0.833. The van der Waals surface area contributed by atoms with Crippen molar-refractivity contribution in [2.45, 2.75) is 32.0 Å². The molecule has 0 radical (unpaired) electrons. The SMILES string of the molecule is CC(O)CC(C)(O)C=O. The van der Waals surface area contributed by atoms with E-state index in [-0.39, 0.29) is 6.42 Å². The number of hydrogen-bond donors (Lipinski definition) is 2. The summed E-state index contributed by atoms with van der Waals surface area (Å²) in [5.41, 5.74) is -1.37. The number of aldehydes is 1. The first kappa shape index (κ1) is 8.59. The lowest BCUT2D eigenvalue weighted by atomic mass is 10.0. The van der Waals surface area contributed by atoms with Crippen molar-refractivity contribution in [1.82, 2.24) is 0 Å². The smallest absolute Gasteiger partial charge is 0.151 e. The summed E-state index contributed by atoms with van der Waals surface area (Å²) in [5, 5.41) is 17.7. The predicted octanol–water partition coefficient (Wildman–Crippen LogP) is -0.293. The molecule has 0 spiro atoms. The number of aliphatic hydroxyl groups excluding tert-OH is 1. The van der Waals surface area contributed by atoms with Gasteiger partial charge in [-0.2, -0.15) is 0 Å². The lowest BCUT2D eigenvalue weighted by molar-refractivity contribution is -0.125. The molecule has 2 atom stereocenters. The van der Waals surface area contributed by atoms with Crippen molar-refractivity contribution < 1.29 is 15.0 Å². The summed E-state index contributed by atoms with van der Waals surface area (Å²) in [7, 11) is 0. The van der Waals surface area contributed by atoms with Crippen LogP contribution in [0.4, 0.5) is 0 Å². The molecule has 0 aliphatic carbocycles. The second-order valence-electron chi connectivity index (χ2n) is 2.53. The zero-order chi connectivity index (χ0) is 7.49. The molecule has 3 heteroatoms. The fourth-order valence-electron chi connectivity index (χ4n) is 0.646. The lowest BCUT2D eigenvalue weighted by Crippen LogP contribution is -2.30. The van der Waals surface area contributed by atoms with Crippen LogP contribution in [-0.2, 0) is 4.79 Å². The van der Waals surface area contributed by atoms with Crippen molar-refractivity contribution in [3.05, 3.63) is 0 Å². The van der Waals surface area contributed by atoms with Crippen molar-refractivity contribution in [1.29, 1.82) is 0 Å². The Hall–Kier alpha value is -0.410. The van der Waals surface area contributed by atoms with E-state index in [2.05, 4.69) is 0 Å². The summed E-state index contributed by atoms with van der Waals surface area (Å²) in [5.74, 6) is 0. The third-order valence-electron chi connectivity index (χ3n) is 0.963. The molecule has 0 rings (SSSR count). The van der Waals surface area contributed by atoms with Gasteiger partial charge in [-0.1, -0.05) is 0 Å². The quantitative estimate of drug-likeness (QED) is 0.519. The van der Waals surface area contributed by atoms with Crippen LogP contribution in [0.25, 0.3) is 0 Å². The number of hydrogen-bond acceptors (Lipinski definition) is 3. The highest BCUT2D eigenvalue weighted by atomic mass is 16.3. The number of rotatable bonds is 3. The summed E-state index contributed by atoms with van der Waals surface area (Å²) in [6, 6.07) is 0. The second-order valence-corrected chi connectivity index (χ2v) is 2.53. The minimum Gasteiger partial charge on any atom is -0.393 e. The van der Waals surface area contributed by atoms with Gasteiger partial charge in [-0.3, -0.25) is 0 Å². The Morgan fingerprint density at radius 2 is 2.22 bits per heavy atom. The maximum atomic E-state index is 10.0. The molecule has 0 aromatic heterocycles. The molecule has 0 bridgehead atoms. The van der Waals surface area contributed by atoms with Crippen LogP contribution in [0.1, 0.15) is 20.3 Å². The van der Waals surface area contributed by atoms with Gasteiger partial charge in [0.25, 0.3) is 0 Å². The molecule has 0 aromatic rings. The van der Waals surface area contributed by atoms with Crippen LogP contribution in [0.5, 0.6) is 0 Å². The van der Waals surface area contributed by atoms with E-state index in [1.165, 1.54) is 13.8 Å². The summed E-state index contributed by atoms with van der Waals surface area (Å²) in [6.07, 6.45) is -0.110. The van der Waals surface area contributed by atoms with Crippen LogP contribution in [0.2, 0.25) is 0 Å². The minimum atomic E-state index is -1.37. The second kappa shape index (κ2) is 2.94. The van der Waals surface area contributed by atoms with Gasteiger partial charge in [0.15, 0.2) is 6.29 Å². The van der Waals surface area contributed by atoms with Gasteiger partial charge in [-0.05, 0) is 13.8 Å². The fourth-order valence-corrected chi connectivity index (χ4v) is 0.646. The first-order chi connectivity index (χ1) is 3.98. The molecular weight excluding hydrogens is 120 g/mol. The van der Waals surface area contributed by atoms with Crippen LogP contribution in [-0.4, -0.2) is 28.2 Å². The van der Waals surface area contributed by atoms with Crippen molar-refractivity contribution >= 4 is 6.29 Å². The molecule has 9 heavy (non-hydrogen) atoms. The standard InChI is InChI=1S/C6H12O3/c1-5(8)3-6(2,9)4-7/h4-5,8-9H,3H2,1-2H3. The lowest BCUT2D eigenvalue weighted by Gasteiger charge is -2.16. The maximum absolute atomic E-state index is 10.0. The third kappa shape index (κ3) is 4.12. The normalized spacial score (nSPS) is 20.4. The molecule has 54 valence electrons. The highest BCUT2D eigenvalue weighted by Crippen LogP contribution is 2.07. The first-order valence-corrected chi connectivity index (χ1v) is 2.85. The summed E-state index contributed by atoms with van der Waals surface area (Å²) in [4.78, 5) is 10.0. The third-order valence-corrected chi connectivity index (χ3v) is 0.963. The molecule has 2 unspecified atom stereocenters. The van der Waals surface area contributed by atoms with Crippen molar-refractivity contribution in [3.8, 4) is 0 Å². The molecule has 0 aliphatic heterocycles. The average molecular weight is 132 g/mol. The molecule has 0 saturated carbocycles. The highest BCUT2D eigenvalue weighted by molar-refractivity contribution is 5.61. The number of aliphatic hydroxyl groups is 2. The van der Waals surface area contributed by atoms with Crippen LogP contribution in [0.15, 0.2) is 0 Å².